The predicted octanol–water partition coefficient (Wildman–Crippen LogP) is 2.15. The number of para-hydroxylation sites is 4. The molecule has 0 radical (unpaired) electrons. The summed E-state index contributed by atoms with van der Waals surface area (Å²) in [5.41, 5.74) is -4.77. The van der Waals surface area contributed by atoms with Crippen molar-refractivity contribution >= 4 is 0 Å². The van der Waals surface area contributed by atoms with E-state index < -0.39 is 51.3 Å². The van der Waals surface area contributed by atoms with Crippen LogP contribution in [0.3, 0.4) is 0 Å². The minimum absolute atomic E-state index is 0.0516. The number of hydrogen-bond acceptors (Lipinski definition) is 9. The zero-order valence-corrected chi connectivity index (χ0v) is 23.1. The number of aromatic nitrogens is 5. The first-order valence-corrected chi connectivity index (χ1v) is 13.3. The highest BCUT2D eigenvalue weighted by Crippen LogP contribution is 2.38. The number of hydrogen-bond donors (Lipinski definition) is 4. The Morgan fingerprint density at radius 3 is 1.56 bits per heavy atom. The second-order valence-corrected chi connectivity index (χ2v) is 9.15. The van der Waals surface area contributed by atoms with E-state index in [1.165, 1.54) is 24.4 Å². The van der Waals surface area contributed by atoms with Crippen LogP contribution in [0.25, 0.3) is 11.4 Å². The molecule has 0 aliphatic carbocycles. The maximum atomic E-state index is 13.5. The van der Waals surface area contributed by atoms with Crippen LogP contribution in [0.4, 0.5) is 0 Å². The molecular formula is C30H27N5O8. The maximum Gasteiger partial charge on any atom is 0.335 e. The Bertz CT molecular complexity index is 1900. The number of nitrogens with zero attached hydrogens (tertiary/aromatic N) is 3. The summed E-state index contributed by atoms with van der Waals surface area (Å²) in [6, 6.07) is 17.3. The number of ether oxygens (including phenoxy) is 2. The lowest BCUT2D eigenvalue weighted by atomic mass is 9.90. The Morgan fingerprint density at radius 2 is 1.14 bits per heavy atom. The first kappa shape index (κ1) is 28.7. The molecule has 5 aromatic rings. The van der Waals surface area contributed by atoms with Crippen LogP contribution >= 0.6 is 0 Å². The number of rotatable bonds is 9. The number of H-pyrrole nitrogens is 2. The molecule has 13 heteroatoms. The van der Waals surface area contributed by atoms with Crippen LogP contribution in [0.5, 0.6) is 23.3 Å². The number of aromatic hydroxyl groups is 2. The van der Waals surface area contributed by atoms with Gasteiger partial charge in [0.25, 0.3) is 11.1 Å². The van der Waals surface area contributed by atoms with Crippen LogP contribution in [0, 0.1) is 0 Å². The lowest BCUT2D eigenvalue weighted by Crippen LogP contribution is -2.37. The highest BCUT2D eigenvalue weighted by molar-refractivity contribution is 5.55. The minimum Gasteiger partial charge on any atom is -0.494 e. The minimum atomic E-state index is -1.56. The molecular weight excluding hydrogens is 558 g/mol. The topological polar surface area (TPSA) is 182 Å². The van der Waals surface area contributed by atoms with Crippen LogP contribution in [0.15, 0.2) is 92.1 Å². The van der Waals surface area contributed by atoms with Gasteiger partial charge in [0, 0.05) is 6.20 Å². The van der Waals surface area contributed by atoms with E-state index in [0.717, 1.165) is 9.13 Å². The lowest BCUT2D eigenvalue weighted by molar-refractivity contribution is 0.336. The lowest BCUT2D eigenvalue weighted by Gasteiger charge is -2.22. The molecule has 0 spiro atoms. The summed E-state index contributed by atoms with van der Waals surface area (Å²) in [5, 5.41) is 23.2. The van der Waals surface area contributed by atoms with Crippen molar-refractivity contribution < 1.29 is 19.7 Å². The fourth-order valence-corrected chi connectivity index (χ4v) is 4.87. The Balaban J connectivity index is 1.88. The van der Waals surface area contributed by atoms with E-state index in [4.69, 9.17) is 9.47 Å². The third-order valence-electron chi connectivity index (χ3n) is 6.61. The van der Waals surface area contributed by atoms with E-state index in [2.05, 4.69) is 15.0 Å². The van der Waals surface area contributed by atoms with Gasteiger partial charge in [0.05, 0.1) is 47.3 Å². The van der Waals surface area contributed by atoms with E-state index in [1.54, 1.807) is 62.4 Å². The average molecular weight is 586 g/mol. The fourth-order valence-electron chi connectivity index (χ4n) is 4.87. The zero-order chi connectivity index (χ0) is 30.7. The summed E-state index contributed by atoms with van der Waals surface area (Å²) in [5.74, 6) is -2.76. The molecule has 0 aliphatic rings. The molecule has 0 saturated carbocycles. The smallest absolute Gasteiger partial charge is 0.335 e. The van der Waals surface area contributed by atoms with Gasteiger partial charge in [-0.3, -0.25) is 24.5 Å². The van der Waals surface area contributed by atoms with Crippen molar-refractivity contribution in [3.05, 3.63) is 131 Å². The molecule has 0 fully saturated rings. The highest BCUT2D eigenvalue weighted by Gasteiger charge is 2.34. The Kier molecular flexibility index (Phi) is 7.96. The zero-order valence-electron chi connectivity index (χ0n) is 23.1. The number of aromatic amines is 2. The number of nitrogens with one attached hydrogen (secondary N) is 2. The van der Waals surface area contributed by atoms with E-state index in [0.29, 0.717) is 0 Å². The van der Waals surface area contributed by atoms with Crippen molar-refractivity contribution in [1.82, 2.24) is 24.1 Å². The number of benzene rings is 2. The first-order chi connectivity index (χ1) is 20.8. The van der Waals surface area contributed by atoms with Gasteiger partial charge in [-0.2, -0.15) is 0 Å². The van der Waals surface area contributed by atoms with E-state index in [9.17, 15) is 29.4 Å². The van der Waals surface area contributed by atoms with Crippen molar-refractivity contribution in [1.29, 1.82) is 0 Å². The Hall–Kier alpha value is -5.85. The van der Waals surface area contributed by atoms with E-state index in [1.807, 2.05) is 0 Å². The molecule has 0 unspecified atom stereocenters. The third-order valence-corrected chi connectivity index (χ3v) is 6.61. The first-order valence-electron chi connectivity index (χ1n) is 13.3. The molecule has 13 nitrogen and oxygen atoms in total. The normalized spacial score (nSPS) is 11.0. The molecule has 0 amide bonds. The van der Waals surface area contributed by atoms with Gasteiger partial charge < -0.3 is 19.7 Å². The van der Waals surface area contributed by atoms with Crippen molar-refractivity contribution in [2.24, 2.45) is 0 Å². The molecule has 0 saturated heterocycles. The standard InChI is InChI=1S/C30H27N5O8/c1-3-42-20-14-7-5-12-18(20)34-27(38)23(25(36)32-29(34)40)22(17-11-9-10-16-31-17)24-26(37)33-30(41)35(28(24)39)19-13-6-8-15-21(19)43-4-2/h5-16,22,38-39H,3-4H2,1-2H3,(H,32,36,40)(H,33,37,41). The van der Waals surface area contributed by atoms with Crippen molar-refractivity contribution in [3.8, 4) is 34.6 Å². The van der Waals surface area contributed by atoms with Crippen molar-refractivity contribution in [2.75, 3.05) is 13.2 Å². The number of pyridine rings is 1. The molecule has 5 rings (SSSR count). The Morgan fingerprint density at radius 1 is 0.698 bits per heavy atom. The highest BCUT2D eigenvalue weighted by atomic mass is 16.5. The summed E-state index contributed by atoms with van der Waals surface area (Å²) >= 11 is 0. The van der Waals surface area contributed by atoms with Gasteiger partial charge in [-0.25, -0.2) is 18.7 Å². The Labute approximate surface area is 242 Å². The SMILES string of the molecule is CCOc1ccccc1-n1c(O)c(C(c2ccccn2)c2c(O)n(-c3ccccc3OCC)c(=O)[nH]c2=O)c(=O)[nH]c1=O. The molecule has 43 heavy (non-hydrogen) atoms. The molecule has 0 bridgehead atoms. The van der Waals surface area contributed by atoms with Crippen LogP contribution in [0.2, 0.25) is 0 Å². The quantitative estimate of drug-likeness (QED) is 0.201. The summed E-state index contributed by atoms with van der Waals surface area (Å²) in [6.07, 6.45) is 1.39. The monoisotopic (exact) mass is 585 g/mol. The van der Waals surface area contributed by atoms with Crippen molar-refractivity contribution in [2.45, 2.75) is 19.8 Å². The molecule has 0 atom stereocenters. The molecule has 3 aromatic heterocycles. The summed E-state index contributed by atoms with van der Waals surface area (Å²) in [6.45, 7) is 3.96. The molecule has 4 N–H and O–H groups in total. The van der Waals surface area contributed by atoms with Crippen LogP contribution < -0.4 is 32.0 Å². The molecule has 2 aromatic carbocycles. The van der Waals surface area contributed by atoms with Gasteiger partial charge in [0.15, 0.2) is 0 Å². The van der Waals surface area contributed by atoms with Gasteiger partial charge in [0.1, 0.15) is 11.5 Å². The van der Waals surface area contributed by atoms with Crippen molar-refractivity contribution in [3.63, 3.8) is 0 Å². The van der Waals surface area contributed by atoms with E-state index >= 15 is 0 Å². The van der Waals surface area contributed by atoms with Gasteiger partial charge in [-0.05, 0) is 50.2 Å². The summed E-state index contributed by atoms with van der Waals surface area (Å²) < 4.78 is 12.9. The van der Waals surface area contributed by atoms with E-state index in [-0.39, 0.29) is 41.8 Å². The largest absolute Gasteiger partial charge is 0.494 e. The molecule has 0 aliphatic heterocycles. The van der Waals surface area contributed by atoms with Gasteiger partial charge in [-0.15, -0.1) is 0 Å². The third kappa shape index (κ3) is 5.19. The van der Waals surface area contributed by atoms with Gasteiger partial charge in [-0.1, -0.05) is 30.3 Å². The van der Waals surface area contributed by atoms with Gasteiger partial charge >= 0.3 is 11.4 Å². The summed E-state index contributed by atoms with van der Waals surface area (Å²) in [4.78, 5) is 61.7. The maximum absolute atomic E-state index is 13.5. The molecule has 3 heterocycles. The summed E-state index contributed by atoms with van der Waals surface area (Å²) in [7, 11) is 0. The van der Waals surface area contributed by atoms with Gasteiger partial charge in [0.2, 0.25) is 11.8 Å². The predicted molar refractivity (Wildman–Crippen MR) is 156 cm³/mol. The second-order valence-electron chi connectivity index (χ2n) is 9.15. The van der Waals surface area contributed by atoms with Crippen LogP contribution in [-0.4, -0.2) is 47.5 Å². The van der Waals surface area contributed by atoms with Crippen LogP contribution in [-0.2, 0) is 0 Å². The van der Waals surface area contributed by atoms with Crippen LogP contribution in [0.1, 0.15) is 36.6 Å². The molecule has 220 valence electrons. The average Bonchev–Trinajstić information content (AvgIpc) is 2.98. The fraction of sp³-hybridized carbons (Fsp3) is 0.167. The second kappa shape index (κ2) is 11.9.